The molecule has 0 atom stereocenters. The fraction of sp³-hybridized carbons (Fsp3) is 0. The summed E-state index contributed by atoms with van der Waals surface area (Å²) in [7, 11) is 0. The summed E-state index contributed by atoms with van der Waals surface area (Å²) >= 11 is 0. The van der Waals surface area contributed by atoms with Gasteiger partial charge < -0.3 is 11.5 Å². The van der Waals surface area contributed by atoms with Crippen molar-refractivity contribution >= 4 is 11.4 Å². The Morgan fingerprint density at radius 1 is 1.22 bits per heavy atom. The predicted molar refractivity (Wildman–Crippen MR) is 34.8 cm³/mol. The Balaban J connectivity index is 0.000000640. The average molecular weight is 196 g/mol. The van der Waals surface area contributed by atoms with Gasteiger partial charge in [-0.05, 0) is 6.07 Å². The van der Waals surface area contributed by atoms with Crippen LogP contribution >= 0.6 is 0 Å². The van der Waals surface area contributed by atoms with E-state index in [0.29, 0.717) is 11.4 Å². The molecule has 0 saturated heterocycles. The Morgan fingerprint density at radius 3 is 2.11 bits per heavy atom. The molecule has 9 heavy (non-hydrogen) atoms. The van der Waals surface area contributed by atoms with Gasteiger partial charge >= 0.3 is 0 Å². The second-order valence-electron chi connectivity index (χ2n) is 1.59. The predicted octanol–water partition coefficient (Wildman–Crippen LogP) is 1.95. The summed E-state index contributed by atoms with van der Waals surface area (Å²) in [6, 6.07) is 6.98. The van der Waals surface area contributed by atoms with Crippen LogP contribution in [0.25, 0.3) is 5.73 Å². The molecule has 0 aromatic heterocycles. The summed E-state index contributed by atoms with van der Waals surface area (Å²) in [5.74, 6) is 0. The van der Waals surface area contributed by atoms with E-state index >= 15 is 0 Å². The van der Waals surface area contributed by atoms with Crippen LogP contribution in [0.4, 0.5) is 11.4 Å². The van der Waals surface area contributed by atoms with Gasteiger partial charge in [-0.2, -0.15) is 0 Å². The zero-order valence-electron chi connectivity index (χ0n) is 4.96. The maximum atomic E-state index is 7.09. The van der Waals surface area contributed by atoms with Gasteiger partial charge in [-0.1, -0.05) is 18.2 Å². The first-order valence-electron chi connectivity index (χ1n) is 2.37. The number of anilines is 1. The molecule has 1 aromatic rings. The number of para-hydroxylation sites is 1. The molecule has 1 rings (SSSR count). The molecule has 0 unspecified atom stereocenters. The maximum Gasteiger partial charge on any atom is 0.0160 e. The zero-order chi connectivity index (χ0) is 5.98. The Bertz CT molecular complexity index is 167. The summed E-state index contributed by atoms with van der Waals surface area (Å²) in [4.78, 5) is 0. The largest absolute Gasteiger partial charge is 0.697 e. The van der Waals surface area contributed by atoms with Gasteiger partial charge in [-0.3, -0.25) is 0 Å². The van der Waals surface area contributed by atoms with Crippen molar-refractivity contribution in [3.05, 3.63) is 30.0 Å². The minimum Gasteiger partial charge on any atom is -0.697 e. The number of nitrogen functional groups attached to an aromatic ring is 1. The van der Waals surface area contributed by atoms with E-state index in [0.717, 1.165) is 0 Å². The minimum absolute atomic E-state index is 0. The van der Waals surface area contributed by atoms with Crippen LogP contribution in [0.1, 0.15) is 0 Å². The van der Waals surface area contributed by atoms with Crippen LogP contribution in [0.2, 0.25) is 0 Å². The molecular formula is C6H7N2Y-. The Kier molecular flexibility index (Phi) is 3.82. The fourth-order valence-electron chi connectivity index (χ4n) is 0.497. The van der Waals surface area contributed by atoms with Crippen molar-refractivity contribution in [3.8, 4) is 0 Å². The molecule has 0 aliphatic heterocycles. The van der Waals surface area contributed by atoms with E-state index in [9.17, 15) is 0 Å². The van der Waals surface area contributed by atoms with Crippen molar-refractivity contribution in [3.63, 3.8) is 0 Å². The second kappa shape index (κ2) is 3.86. The standard InChI is InChI=1S/C6H7N2.Y/c7-5-3-1-2-4-6(5)8;/h1-4,7H,8H2;/q-1;. The topological polar surface area (TPSA) is 49.8 Å². The molecular weight excluding hydrogens is 189 g/mol. The van der Waals surface area contributed by atoms with Crippen LogP contribution in [0.3, 0.4) is 0 Å². The third-order valence-electron chi connectivity index (χ3n) is 0.961. The van der Waals surface area contributed by atoms with Crippen molar-refractivity contribution in [2.24, 2.45) is 0 Å². The number of hydrogen-bond acceptors (Lipinski definition) is 1. The van der Waals surface area contributed by atoms with Gasteiger partial charge in [-0.25, -0.2) is 0 Å². The van der Waals surface area contributed by atoms with E-state index in [1.165, 1.54) is 0 Å². The van der Waals surface area contributed by atoms with Crippen molar-refractivity contribution in [1.82, 2.24) is 0 Å². The van der Waals surface area contributed by atoms with E-state index < -0.39 is 0 Å². The van der Waals surface area contributed by atoms with Crippen molar-refractivity contribution in [2.45, 2.75) is 0 Å². The van der Waals surface area contributed by atoms with E-state index in [-0.39, 0.29) is 32.7 Å². The summed E-state index contributed by atoms with van der Waals surface area (Å²) in [6.07, 6.45) is 0. The molecule has 0 heterocycles. The minimum atomic E-state index is 0. The van der Waals surface area contributed by atoms with E-state index in [1.807, 2.05) is 6.07 Å². The molecule has 0 aliphatic rings. The van der Waals surface area contributed by atoms with E-state index in [2.05, 4.69) is 0 Å². The maximum absolute atomic E-state index is 7.09. The summed E-state index contributed by atoms with van der Waals surface area (Å²) in [5.41, 5.74) is 13.4. The Hall–Kier alpha value is -0.0761. The summed E-state index contributed by atoms with van der Waals surface area (Å²) < 4.78 is 0. The van der Waals surface area contributed by atoms with Crippen LogP contribution in [0, 0.1) is 0 Å². The quantitative estimate of drug-likeness (QED) is 0.633. The molecule has 0 aliphatic carbocycles. The zero-order valence-corrected chi connectivity index (χ0v) is 7.80. The monoisotopic (exact) mass is 196 g/mol. The molecule has 0 amide bonds. The van der Waals surface area contributed by atoms with Crippen LogP contribution < -0.4 is 5.73 Å². The van der Waals surface area contributed by atoms with Gasteiger partial charge in [0.1, 0.15) is 0 Å². The summed E-state index contributed by atoms with van der Waals surface area (Å²) in [6.45, 7) is 0. The number of rotatable bonds is 0. The van der Waals surface area contributed by atoms with Crippen LogP contribution in [0.15, 0.2) is 24.3 Å². The van der Waals surface area contributed by atoms with Crippen LogP contribution in [-0.2, 0) is 32.7 Å². The van der Waals surface area contributed by atoms with Crippen LogP contribution in [0.5, 0.6) is 0 Å². The normalized spacial score (nSPS) is 8.00. The number of benzene rings is 1. The first-order valence-corrected chi connectivity index (χ1v) is 2.37. The third kappa shape index (κ3) is 2.33. The van der Waals surface area contributed by atoms with Gasteiger partial charge in [0.25, 0.3) is 0 Å². The van der Waals surface area contributed by atoms with Crippen molar-refractivity contribution in [2.75, 3.05) is 5.73 Å². The molecule has 3 heteroatoms. The molecule has 0 fully saturated rings. The first-order chi connectivity index (χ1) is 3.80. The fourth-order valence-corrected chi connectivity index (χ4v) is 0.497. The van der Waals surface area contributed by atoms with Crippen molar-refractivity contribution in [1.29, 1.82) is 0 Å². The Labute approximate surface area is 79.5 Å². The molecule has 45 valence electrons. The molecule has 1 radical (unpaired) electrons. The molecule has 0 bridgehead atoms. The number of hydrogen-bond donors (Lipinski definition) is 1. The number of nitrogens with two attached hydrogens (primary N) is 1. The van der Waals surface area contributed by atoms with Gasteiger partial charge in [0.15, 0.2) is 0 Å². The average Bonchev–Trinajstić information content (AvgIpc) is 1.77. The molecule has 0 saturated carbocycles. The first kappa shape index (κ1) is 8.92. The third-order valence-corrected chi connectivity index (χ3v) is 0.961. The number of nitrogens with one attached hydrogen (secondary N) is 1. The van der Waals surface area contributed by atoms with E-state index in [4.69, 9.17) is 11.5 Å². The van der Waals surface area contributed by atoms with Crippen molar-refractivity contribution < 1.29 is 32.7 Å². The van der Waals surface area contributed by atoms with E-state index in [1.54, 1.807) is 18.2 Å². The Morgan fingerprint density at radius 2 is 1.78 bits per heavy atom. The molecule has 2 nitrogen and oxygen atoms in total. The molecule has 1 aromatic carbocycles. The SMILES string of the molecule is [NH-]c1ccccc1N.[Y]. The van der Waals surface area contributed by atoms with Gasteiger partial charge in [0.2, 0.25) is 0 Å². The molecule has 3 N–H and O–H groups in total. The summed E-state index contributed by atoms with van der Waals surface area (Å²) in [5, 5.41) is 0. The van der Waals surface area contributed by atoms with Gasteiger partial charge in [0, 0.05) is 38.4 Å². The second-order valence-corrected chi connectivity index (χ2v) is 1.59. The van der Waals surface area contributed by atoms with Gasteiger partial charge in [0.05, 0.1) is 0 Å². The van der Waals surface area contributed by atoms with Crippen LogP contribution in [-0.4, -0.2) is 0 Å². The molecule has 0 spiro atoms. The van der Waals surface area contributed by atoms with Gasteiger partial charge in [-0.15, -0.1) is 5.69 Å². The smallest absolute Gasteiger partial charge is 0.0160 e.